The van der Waals surface area contributed by atoms with Crippen molar-refractivity contribution in [3.63, 3.8) is 0 Å². The highest BCUT2D eigenvalue weighted by Crippen LogP contribution is 2.21. The average molecular weight is 392 g/mol. The number of hydrogen-bond acceptors (Lipinski definition) is 6. The molecular weight excluding hydrogens is 372 g/mol. The third-order valence-corrected chi connectivity index (χ3v) is 4.80. The Bertz CT molecular complexity index is 1100. The molecule has 1 saturated heterocycles. The molecule has 4 rings (SSSR count). The number of carbonyl (C=O) groups excluding carboxylic acids is 2. The number of carbonyl (C=O) groups is 2. The van der Waals surface area contributed by atoms with Crippen molar-refractivity contribution in [2.45, 2.75) is 25.0 Å². The van der Waals surface area contributed by atoms with E-state index in [1.807, 2.05) is 30.3 Å². The summed E-state index contributed by atoms with van der Waals surface area (Å²) in [5.74, 6) is -0.799. The van der Waals surface area contributed by atoms with Gasteiger partial charge in [-0.3, -0.25) is 29.9 Å². The fourth-order valence-corrected chi connectivity index (χ4v) is 3.31. The molecular formula is C20H20N6O3. The smallest absolute Gasteiger partial charge is 0.260 e. The predicted molar refractivity (Wildman–Crippen MR) is 106 cm³/mol. The van der Waals surface area contributed by atoms with Crippen molar-refractivity contribution >= 4 is 22.7 Å². The Kier molecular flexibility index (Phi) is 5.32. The summed E-state index contributed by atoms with van der Waals surface area (Å²) in [4.78, 5) is 36.5. The zero-order chi connectivity index (χ0) is 20.2. The number of amides is 2. The minimum Gasteiger partial charge on any atom is -0.287 e. The van der Waals surface area contributed by atoms with Gasteiger partial charge in [0.2, 0.25) is 5.43 Å². The first-order chi connectivity index (χ1) is 14.1. The van der Waals surface area contributed by atoms with Crippen molar-refractivity contribution in [3.05, 3.63) is 76.6 Å². The number of nitrogens with one attached hydrogen (secondary N) is 4. The molecule has 0 spiro atoms. The van der Waals surface area contributed by atoms with Gasteiger partial charge < -0.3 is 0 Å². The van der Waals surface area contributed by atoms with Crippen LogP contribution < -0.4 is 27.1 Å². The Balaban J connectivity index is 1.33. The largest absolute Gasteiger partial charge is 0.287 e. The summed E-state index contributed by atoms with van der Waals surface area (Å²) < 4.78 is 1.42. The molecule has 2 heterocycles. The number of hydrazine groups is 2. The molecule has 0 bridgehead atoms. The highest BCUT2D eigenvalue weighted by Gasteiger charge is 2.30. The van der Waals surface area contributed by atoms with Crippen LogP contribution in [0.15, 0.2) is 65.6 Å². The maximum atomic E-state index is 12.3. The van der Waals surface area contributed by atoms with Crippen LogP contribution >= 0.6 is 0 Å². The van der Waals surface area contributed by atoms with Gasteiger partial charge in [-0.25, -0.2) is 10.9 Å². The molecule has 29 heavy (non-hydrogen) atoms. The number of nitrogens with zero attached hydrogens (tertiary/aromatic N) is 2. The standard InChI is InChI=1S/C20H20N6O3/c27-18-11-21-26(17-9-5-4-8-14(17)18)12-19(28)24-25-20(29)16-10-15(22-23-16)13-6-2-1-3-7-13/h1-9,11,15-16,22-23H,10,12H2,(H,24,28)(H,25,29). The number of hydrogen-bond donors (Lipinski definition) is 4. The van der Waals surface area contributed by atoms with E-state index in [1.54, 1.807) is 24.3 Å². The van der Waals surface area contributed by atoms with Crippen LogP contribution in [0.4, 0.5) is 0 Å². The van der Waals surface area contributed by atoms with E-state index in [-0.39, 0.29) is 23.9 Å². The summed E-state index contributed by atoms with van der Waals surface area (Å²) in [5, 5.41) is 4.48. The van der Waals surface area contributed by atoms with E-state index in [2.05, 4.69) is 26.8 Å². The van der Waals surface area contributed by atoms with Crippen LogP contribution in [0.5, 0.6) is 0 Å². The lowest BCUT2D eigenvalue weighted by molar-refractivity contribution is -0.130. The molecule has 2 atom stereocenters. The number of fused-ring (bicyclic) bond motifs is 1. The molecule has 9 nitrogen and oxygen atoms in total. The first-order valence-electron chi connectivity index (χ1n) is 9.21. The summed E-state index contributed by atoms with van der Waals surface area (Å²) in [6.07, 6.45) is 1.73. The molecule has 0 aliphatic carbocycles. The van der Waals surface area contributed by atoms with Gasteiger partial charge >= 0.3 is 0 Å². The van der Waals surface area contributed by atoms with E-state index < -0.39 is 11.9 Å². The maximum absolute atomic E-state index is 12.3. The Morgan fingerprint density at radius 2 is 1.79 bits per heavy atom. The second kappa shape index (κ2) is 8.21. The van der Waals surface area contributed by atoms with Crippen molar-refractivity contribution in [2.24, 2.45) is 0 Å². The lowest BCUT2D eigenvalue weighted by Gasteiger charge is -2.13. The van der Waals surface area contributed by atoms with Crippen LogP contribution in [0.2, 0.25) is 0 Å². The number of para-hydroxylation sites is 1. The van der Waals surface area contributed by atoms with E-state index in [1.165, 1.54) is 10.9 Å². The third-order valence-electron chi connectivity index (χ3n) is 4.80. The second-order valence-electron chi connectivity index (χ2n) is 6.76. The van der Waals surface area contributed by atoms with Gasteiger partial charge in [-0.1, -0.05) is 42.5 Å². The third kappa shape index (κ3) is 4.15. The van der Waals surface area contributed by atoms with Crippen molar-refractivity contribution < 1.29 is 9.59 Å². The molecule has 148 valence electrons. The predicted octanol–water partition coefficient (Wildman–Crippen LogP) is 0.152. The van der Waals surface area contributed by atoms with Gasteiger partial charge in [-0.05, 0) is 24.1 Å². The van der Waals surface area contributed by atoms with Crippen molar-refractivity contribution in [3.8, 4) is 0 Å². The fraction of sp³-hybridized carbons (Fsp3) is 0.200. The van der Waals surface area contributed by atoms with E-state index in [0.717, 1.165) is 5.56 Å². The van der Waals surface area contributed by atoms with Crippen molar-refractivity contribution in [1.29, 1.82) is 0 Å². The molecule has 3 aromatic rings. The van der Waals surface area contributed by atoms with Gasteiger partial charge in [-0.2, -0.15) is 5.10 Å². The Morgan fingerprint density at radius 1 is 1.03 bits per heavy atom. The van der Waals surface area contributed by atoms with Gasteiger partial charge in [0.05, 0.1) is 11.7 Å². The summed E-state index contributed by atoms with van der Waals surface area (Å²) >= 11 is 0. The highest BCUT2D eigenvalue weighted by molar-refractivity contribution is 5.86. The van der Waals surface area contributed by atoms with Gasteiger partial charge in [0.1, 0.15) is 12.6 Å². The molecule has 2 aromatic carbocycles. The van der Waals surface area contributed by atoms with Crippen molar-refractivity contribution in [2.75, 3.05) is 0 Å². The van der Waals surface area contributed by atoms with Crippen LogP contribution in [0.25, 0.3) is 10.9 Å². The molecule has 2 unspecified atom stereocenters. The van der Waals surface area contributed by atoms with Crippen LogP contribution in [0.1, 0.15) is 18.0 Å². The van der Waals surface area contributed by atoms with Gasteiger partial charge in [0, 0.05) is 11.4 Å². The normalized spacial score (nSPS) is 18.5. The van der Waals surface area contributed by atoms with Gasteiger partial charge in [0.25, 0.3) is 11.8 Å². The molecule has 9 heteroatoms. The highest BCUT2D eigenvalue weighted by atomic mass is 16.2. The van der Waals surface area contributed by atoms with Crippen LogP contribution in [-0.4, -0.2) is 27.6 Å². The van der Waals surface area contributed by atoms with Gasteiger partial charge in [0.15, 0.2) is 0 Å². The fourth-order valence-electron chi connectivity index (χ4n) is 3.31. The monoisotopic (exact) mass is 392 g/mol. The number of aromatic nitrogens is 2. The summed E-state index contributed by atoms with van der Waals surface area (Å²) in [7, 11) is 0. The van der Waals surface area contributed by atoms with Crippen LogP contribution in [0, 0.1) is 0 Å². The molecule has 0 saturated carbocycles. The lowest BCUT2D eigenvalue weighted by atomic mass is 10.0. The Labute approximate surface area is 166 Å². The van der Waals surface area contributed by atoms with E-state index in [0.29, 0.717) is 17.3 Å². The minimum atomic E-state index is -0.480. The molecule has 1 fully saturated rings. The summed E-state index contributed by atoms with van der Waals surface area (Å²) in [6, 6.07) is 16.2. The molecule has 1 aliphatic heterocycles. The first-order valence-corrected chi connectivity index (χ1v) is 9.21. The van der Waals surface area contributed by atoms with Gasteiger partial charge in [-0.15, -0.1) is 0 Å². The zero-order valence-corrected chi connectivity index (χ0v) is 15.5. The average Bonchev–Trinajstić information content (AvgIpc) is 3.25. The topological polar surface area (TPSA) is 117 Å². The Morgan fingerprint density at radius 3 is 2.62 bits per heavy atom. The molecule has 1 aromatic heterocycles. The second-order valence-corrected chi connectivity index (χ2v) is 6.76. The molecule has 4 N–H and O–H groups in total. The van der Waals surface area contributed by atoms with E-state index >= 15 is 0 Å². The quantitative estimate of drug-likeness (QED) is 0.470. The summed E-state index contributed by atoms with van der Waals surface area (Å²) in [5.41, 5.74) is 12.3. The van der Waals surface area contributed by atoms with E-state index in [9.17, 15) is 14.4 Å². The van der Waals surface area contributed by atoms with Crippen LogP contribution in [0.3, 0.4) is 0 Å². The summed E-state index contributed by atoms with van der Waals surface area (Å²) in [6.45, 7) is -0.135. The zero-order valence-electron chi connectivity index (χ0n) is 15.5. The number of rotatable bonds is 4. The number of benzene rings is 2. The molecule has 0 radical (unpaired) electrons. The van der Waals surface area contributed by atoms with E-state index in [4.69, 9.17) is 0 Å². The maximum Gasteiger partial charge on any atom is 0.260 e. The molecule has 1 aliphatic rings. The first kappa shape index (κ1) is 18.8. The molecule has 2 amide bonds. The SMILES string of the molecule is O=C(Cn1ncc(=O)c2ccccc21)NNC(=O)C1CC(c2ccccc2)NN1. The Hall–Kier alpha value is -3.56. The minimum absolute atomic E-state index is 0.0133. The lowest BCUT2D eigenvalue weighted by Crippen LogP contribution is -2.51. The van der Waals surface area contributed by atoms with Crippen molar-refractivity contribution in [1.82, 2.24) is 31.5 Å². The van der Waals surface area contributed by atoms with Crippen LogP contribution in [-0.2, 0) is 16.1 Å².